The molecule has 0 fully saturated rings. The number of benzene rings is 2. The van der Waals surface area contributed by atoms with Crippen LogP contribution in [0.4, 0.5) is 5.69 Å². The highest BCUT2D eigenvalue weighted by Gasteiger charge is 2.25. The van der Waals surface area contributed by atoms with Gasteiger partial charge >= 0.3 is 0 Å². The molecule has 2 N–H and O–H groups in total. The van der Waals surface area contributed by atoms with Gasteiger partial charge in [0.25, 0.3) is 0 Å². The van der Waals surface area contributed by atoms with Gasteiger partial charge in [0.2, 0.25) is 5.91 Å². The Bertz CT molecular complexity index is 626. The Labute approximate surface area is 125 Å². The fourth-order valence-corrected chi connectivity index (χ4v) is 2.79. The Morgan fingerprint density at radius 2 is 1.95 bits per heavy atom. The van der Waals surface area contributed by atoms with Gasteiger partial charge in [-0.2, -0.15) is 0 Å². The number of anilines is 1. The van der Waals surface area contributed by atoms with Gasteiger partial charge in [0.1, 0.15) is 6.04 Å². The van der Waals surface area contributed by atoms with E-state index in [0.717, 1.165) is 18.5 Å². The fourth-order valence-electron chi connectivity index (χ4n) is 2.79. The Hall–Kier alpha value is -2.29. The van der Waals surface area contributed by atoms with E-state index in [4.69, 9.17) is 0 Å². The van der Waals surface area contributed by atoms with E-state index in [1.165, 1.54) is 16.7 Å². The number of hydrogen-bond acceptors (Lipinski definition) is 2. The van der Waals surface area contributed by atoms with Crippen molar-refractivity contribution in [1.29, 1.82) is 0 Å². The van der Waals surface area contributed by atoms with E-state index >= 15 is 0 Å². The number of para-hydroxylation sites is 1. The second-order valence-corrected chi connectivity index (χ2v) is 5.53. The summed E-state index contributed by atoms with van der Waals surface area (Å²) in [6.45, 7) is 2.78. The normalized spacial score (nSPS) is 16.1. The van der Waals surface area contributed by atoms with E-state index in [1.807, 2.05) is 30.3 Å². The molecule has 108 valence electrons. The average Bonchev–Trinajstić information content (AvgIpc) is 2.93. The molecule has 3 heteroatoms. The molecule has 0 radical (unpaired) electrons. The molecule has 1 aliphatic heterocycles. The molecule has 0 saturated heterocycles. The molecule has 2 aromatic carbocycles. The van der Waals surface area contributed by atoms with Crippen LogP contribution in [0.25, 0.3) is 0 Å². The Morgan fingerprint density at radius 1 is 1.19 bits per heavy atom. The van der Waals surface area contributed by atoms with E-state index in [9.17, 15) is 4.79 Å². The minimum absolute atomic E-state index is 0.0831. The molecule has 3 rings (SSSR count). The molecule has 1 amide bonds. The lowest BCUT2D eigenvalue weighted by Crippen LogP contribution is -2.39. The number of aryl methyl sites for hydroxylation is 1. The van der Waals surface area contributed by atoms with Crippen LogP contribution >= 0.6 is 0 Å². The summed E-state index contributed by atoms with van der Waals surface area (Å²) < 4.78 is 0. The van der Waals surface area contributed by atoms with Crippen molar-refractivity contribution in [3.8, 4) is 0 Å². The number of nitrogens with one attached hydrogen (secondary N) is 2. The molecule has 1 aliphatic rings. The summed E-state index contributed by atoms with van der Waals surface area (Å²) in [5, 5.41) is 6.32. The van der Waals surface area contributed by atoms with Gasteiger partial charge < -0.3 is 10.6 Å². The highest BCUT2D eigenvalue weighted by molar-refractivity contribution is 5.87. The lowest BCUT2D eigenvalue weighted by molar-refractivity contribution is -0.121. The zero-order chi connectivity index (χ0) is 14.7. The van der Waals surface area contributed by atoms with Crippen LogP contribution in [-0.4, -0.2) is 18.5 Å². The smallest absolute Gasteiger partial charge is 0.242 e. The quantitative estimate of drug-likeness (QED) is 0.904. The van der Waals surface area contributed by atoms with Crippen molar-refractivity contribution in [3.05, 3.63) is 65.2 Å². The molecule has 0 aliphatic carbocycles. The minimum atomic E-state index is -0.140. The zero-order valence-electron chi connectivity index (χ0n) is 12.2. The summed E-state index contributed by atoms with van der Waals surface area (Å²) in [7, 11) is 0. The summed E-state index contributed by atoms with van der Waals surface area (Å²) >= 11 is 0. The first-order valence-corrected chi connectivity index (χ1v) is 7.41. The van der Waals surface area contributed by atoms with Crippen LogP contribution in [0, 0.1) is 6.92 Å². The summed E-state index contributed by atoms with van der Waals surface area (Å²) in [6, 6.07) is 16.3. The van der Waals surface area contributed by atoms with E-state index in [-0.39, 0.29) is 11.9 Å². The van der Waals surface area contributed by atoms with Gasteiger partial charge in [-0.25, -0.2) is 0 Å². The number of carbonyl (C=O) groups excluding carboxylic acids is 1. The molecule has 21 heavy (non-hydrogen) atoms. The summed E-state index contributed by atoms with van der Waals surface area (Å²) in [5.74, 6) is 0.0831. The highest BCUT2D eigenvalue weighted by atomic mass is 16.2. The number of amides is 1. The van der Waals surface area contributed by atoms with E-state index in [1.54, 1.807) is 0 Å². The topological polar surface area (TPSA) is 41.1 Å². The average molecular weight is 280 g/mol. The lowest BCUT2D eigenvalue weighted by Gasteiger charge is -2.12. The second kappa shape index (κ2) is 6.00. The molecule has 0 unspecified atom stereocenters. The van der Waals surface area contributed by atoms with Crippen LogP contribution in [0.1, 0.15) is 16.7 Å². The van der Waals surface area contributed by atoms with Crippen molar-refractivity contribution >= 4 is 11.6 Å². The predicted octanol–water partition coefficient (Wildman–Crippen LogP) is 2.69. The maximum atomic E-state index is 12.2. The van der Waals surface area contributed by atoms with E-state index < -0.39 is 0 Å². The number of rotatable bonds is 4. The van der Waals surface area contributed by atoms with Gasteiger partial charge in [-0.1, -0.05) is 42.5 Å². The van der Waals surface area contributed by atoms with Gasteiger partial charge in [-0.15, -0.1) is 0 Å². The molecular formula is C18H20N2O. The van der Waals surface area contributed by atoms with E-state index in [0.29, 0.717) is 6.54 Å². The fraction of sp³-hybridized carbons (Fsp3) is 0.278. The van der Waals surface area contributed by atoms with Crippen LogP contribution in [0.15, 0.2) is 48.5 Å². The third-order valence-electron chi connectivity index (χ3n) is 4.04. The third-order valence-corrected chi connectivity index (χ3v) is 4.04. The van der Waals surface area contributed by atoms with Crippen LogP contribution in [-0.2, 0) is 17.6 Å². The zero-order valence-corrected chi connectivity index (χ0v) is 12.2. The number of fused-ring (bicyclic) bond motifs is 1. The van der Waals surface area contributed by atoms with Crippen molar-refractivity contribution in [2.75, 3.05) is 11.9 Å². The number of hydrogen-bond donors (Lipinski definition) is 2. The van der Waals surface area contributed by atoms with Crippen molar-refractivity contribution < 1.29 is 4.79 Å². The summed E-state index contributed by atoms with van der Waals surface area (Å²) in [4.78, 5) is 12.2. The molecule has 1 atom stereocenters. The maximum absolute atomic E-state index is 12.2. The van der Waals surface area contributed by atoms with Crippen molar-refractivity contribution in [3.63, 3.8) is 0 Å². The molecule has 0 aromatic heterocycles. The summed E-state index contributed by atoms with van der Waals surface area (Å²) in [5.41, 5.74) is 4.87. The van der Waals surface area contributed by atoms with Crippen LogP contribution in [0.2, 0.25) is 0 Å². The van der Waals surface area contributed by atoms with Crippen LogP contribution < -0.4 is 10.6 Å². The molecular weight excluding hydrogens is 260 g/mol. The largest absolute Gasteiger partial charge is 0.373 e. The van der Waals surface area contributed by atoms with Gasteiger partial charge in [-0.05, 0) is 36.1 Å². The monoisotopic (exact) mass is 280 g/mol. The molecule has 0 saturated carbocycles. The third kappa shape index (κ3) is 3.07. The van der Waals surface area contributed by atoms with Crippen LogP contribution in [0.5, 0.6) is 0 Å². The standard InChI is InChI=1S/C18H20N2O/c1-13-6-2-3-7-14(13)10-11-19-18(21)17-12-15-8-4-5-9-16(15)20-17/h2-9,17,20H,10-12H2,1H3,(H,19,21)/t17-/m0/s1. The first-order valence-electron chi connectivity index (χ1n) is 7.41. The summed E-state index contributed by atoms with van der Waals surface area (Å²) in [6.07, 6.45) is 1.64. The maximum Gasteiger partial charge on any atom is 0.242 e. The molecule has 1 heterocycles. The van der Waals surface area contributed by atoms with E-state index in [2.05, 4.69) is 35.8 Å². The number of carbonyl (C=O) groups is 1. The van der Waals surface area contributed by atoms with Gasteiger partial charge in [0.05, 0.1) is 0 Å². The molecule has 2 aromatic rings. The van der Waals surface area contributed by atoms with Crippen molar-refractivity contribution in [2.45, 2.75) is 25.8 Å². The Balaban J connectivity index is 1.51. The highest BCUT2D eigenvalue weighted by Crippen LogP contribution is 2.25. The predicted molar refractivity (Wildman–Crippen MR) is 85.4 cm³/mol. The van der Waals surface area contributed by atoms with Gasteiger partial charge in [0.15, 0.2) is 0 Å². The Morgan fingerprint density at radius 3 is 2.76 bits per heavy atom. The van der Waals surface area contributed by atoms with Crippen molar-refractivity contribution in [1.82, 2.24) is 5.32 Å². The molecule has 3 nitrogen and oxygen atoms in total. The first-order chi connectivity index (χ1) is 10.2. The first kappa shape index (κ1) is 13.7. The molecule has 0 bridgehead atoms. The SMILES string of the molecule is Cc1ccccc1CCNC(=O)[C@@H]1Cc2ccccc2N1. The van der Waals surface area contributed by atoms with Gasteiger partial charge in [-0.3, -0.25) is 4.79 Å². The minimum Gasteiger partial charge on any atom is -0.373 e. The van der Waals surface area contributed by atoms with Crippen molar-refractivity contribution in [2.24, 2.45) is 0 Å². The Kier molecular flexibility index (Phi) is 3.91. The van der Waals surface area contributed by atoms with Crippen LogP contribution in [0.3, 0.4) is 0 Å². The van der Waals surface area contributed by atoms with Gasteiger partial charge in [0, 0.05) is 18.7 Å². The molecule has 0 spiro atoms. The second-order valence-electron chi connectivity index (χ2n) is 5.53. The lowest BCUT2D eigenvalue weighted by atomic mass is 10.1.